The van der Waals surface area contributed by atoms with E-state index in [1.807, 2.05) is 58.3 Å². The van der Waals surface area contributed by atoms with Gasteiger partial charge in [0.25, 0.3) is 5.91 Å². The van der Waals surface area contributed by atoms with E-state index in [2.05, 4.69) is 17.1 Å². The first-order valence-electron chi connectivity index (χ1n) is 13.4. The van der Waals surface area contributed by atoms with Gasteiger partial charge in [0.1, 0.15) is 0 Å². The second-order valence-electron chi connectivity index (χ2n) is 10.2. The Balaban J connectivity index is 1.31. The van der Waals surface area contributed by atoms with E-state index in [0.29, 0.717) is 37.4 Å². The monoisotopic (exact) mass is 488 g/mol. The molecule has 3 aliphatic rings. The van der Waals surface area contributed by atoms with Gasteiger partial charge in [-0.05, 0) is 55.9 Å². The molecular weight excluding hydrogens is 452 g/mol. The van der Waals surface area contributed by atoms with Crippen LogP contribution < -0.4 is 10.2 Å². The molecule has 2 aromatic rings. The number of piperazine rings is 1. The van der Waals surface area contributed by atoms with Gasteiger partial charge in [0.15, 0.2) is 0 Å². The number of hydrogen-bond donors (Lipinski definition) is 1. The molecule has 1 saturated carbocycles. The fourth-order valence-electron chi connectivity index (χ4n) is 5.37. The lowest BCUT2D eigenvalue weighted by Gasteiger charge is -2.38. The zero-order valence-electron chi connectivity index (χ0n) is 21.1. The van der Waals surface area contributed by atoms with Crippen LogP contribution in [0.25, 0.3) is 0 Å². The fourth-order valence-corrected chi connectivity index (χ4v) is 5.37. The van der Waals surface area contributed by atoms with Gasteiger partial charge in [-0.3, -0.25) is 14.4 Å². The highest BCUT2D eigenvalue weighted by molar-refractivity contribution is 6.02. The van der Waals surface area contributed by atoms with Crippen LogP contribution in [0.2, 0.25) is 0 Å². The van der Waals surface area contributed by atoms with E-state index in [9.17, 15) is 14.4 Å². The van der Waals surface area contributed by atoms with Crippen molar-refractivity contribution < 1.29 is 14.4 Å². The first kappa shape index (κ1) is 24.3. The molecule has 0 bridgehead atoms. The zero-order valence-corrected chi connectivity index (χ0v) is 21.1. The lowest BCUT2D eigenvalue weighted by Crippen LogP contribution is -2.50. The van der Waals surface area contributed by atoms with Crippen molar-refractivity contribution in [3.05, 3.63) is 59.7 Å². The van der Waals surface area contributed by atoms with E-state index >= 15 is 0 Å². The molecule has 0 spiro atoms. The molecular formula is C29H36N4O3. The number of hydrogen-bond acceptors (Lipinski definition) is 4. The molecule has 2 aliphatic heterocycles. The van der Waals surface area contributed by atoms with Crippen LogP contribution in [0.3, 0.4) is 0 Å². The molecule has 3 fully saturated rings. The van der Waals surface area contributed by atoms with Crippen molar-refractivity contribution >= 4 is 29.1 Å². The standard InChI is InChI=1S/C29H36N4O3/c1-2-24(21-8-4-3-5-9-21)28(35)33-18-16-31(17-19-33)26-13-12-23(30-27(34)22-10-11-22)20-25(26)29(36)32-14-6-7-15-32/h3-5,8-9,12-13,20,22,24H,2,6-7,10-11,14-19H2,1H3,(H,30,34). The maximum Gasteiger partial charge on any atom is 0.256 e. The van der Waals surface area contributed by atoms with Crippen molar-refractivity contribution in [2.24, 2.45) is 5.92 Å². The topological polar surface area (TPSA) is 73.0 Å². The molecule has 3 amide bonds. The summed E-state index contributed by atoms with van der Waals surface area (Å²) in [4.78, 5) is 45.2. The highest BCUT2D eigenvalue weighted by atomic mass is 16.2. The van der Waals surface area contributed by atoms with Gasteiger partial charge < -0.3 is 20.0 Å². The lowest BCUT2D eigenvalue weighted by molar-refractivity contribution is -0.133. The van der Waals surface area contributed by atoms with E-state index in [-0.39, 0.29) is 29.6 Å². The van der Waals surface area contributed by atoms with Crippen molar-refractivity contribution in [2.75, 3.05) is 49.5 Å². The summed E-state index contributed by atoms with van der Waals surface area (Å²) in [6.45, 7) is 6.20. The van der Waals surface area contributed by atoms with Crippen LogP contribution >= 0.6 is 0 Å². The first-order chi connectivity index (χ1) is 17.5. The van der Waals surface area contributed by atoms with Gasteiger partial charge in [0, 0.05) is 56.6 Å². The quantitative estimate of drug-likeness (QED) is 0.637. The maximum atomic E-state index is 13.5. The normalized spacial score (nSPS) is 18.8. The molecule has 190 valence electrons. The van der Waals surface area contributed by atoms with Crippen molar-refractivity contribution in [2.45, 2.75) is 44.9 Å². The number of nitrogens with one attached hydrogen (secondary N) is 1. The molecule has 2 saturated heterocycles. The number of benzene rings is 2. The molecule has 1 aliphatic carbocycles. The maximum absolute atomic E-state index is 13.5. The molecule has 0 radical (unpaired) electrons. The van der Waals surface area contributed by atoms with E-state index in [1.165, 1.54) is 0 Å². The van der Waals surface area contributed by atoms with Crippen molar-refractivity contribution in [1.82, 2.24) is 9.80 Å². The Labute approximate surface area is 213 Å². The molecule has 0 aromatic heterocycles. The summed E-state index contributed by atoms with van der Waals surface area (Å²) in [7, 11) is 0. The fraction of sp³-hybridized carbons (Fsp3) is 0.483. The Morgan fingerprint density at radius 3 is 2.22 bits per heavy atom. The molecule has 2 aromatic carbocycles. The summed E-state index contributed by atoms with van der Waals surface area (Å²) >= 11 is 0. The van der Waals surface area contributed by atoms with E-state index in [1.54, 1.807) is 0 Å². The summed E-state index contributed by atoms with van der Waals surface area (Å²) in [6.07, 6.45) is 4.71. The van der Waals surface area contributed by atoms with Crippen molar-refractivity contribution in [3.8, 4) is 0 Å². The Kier molecular flexibility index (Phi) is 7.25. The van der Waals surface area contributed by atoms with Crippen LogP contribution in [-0.4, -0.2) is 66.8 Å². The Hall–Kier alpha value is -3.35. The molecule has 7 nitrogen and oxygen atoms in total. The summed E-state index contributed by atoms with van der Waals surface area (Å²) in [5, 5.41) is 3.00. The third-order valence-corrected chi connectivity index (χ3v) is 7.68. The molecule has 7 heteroatoms. The highest BCUT2D eigenvalue weighted by Gasteiger charge is 2.32. The number of rotatable bonds is 7. The number of carbonyl (C=O) groups is 3. The number of nitrogens with zero attached hydrogens (tertiary/aromatic N) is 3. The average Bonchev–Trinajstić information content (AvgIpc) is 3.63. The second-order valence-corrected chi connectivity index (χ2v) is 10.2. The predicted octanol–water partition coefficient (Wildman–Crippen LogP) is 4.11. The summed E-state index contributed by atoms with van der Waals surface area (Å²) in [5.41, 5.74) is 3.27. The van der Waals surface area contributed by atoms with Crippen LogP contribution in [0.1, 0.15) is 60.9 Å². The second kappa shape index (κ2) is 10.7. The Morgan fingerprint density at radius 1 is 0.889 bits per heavy atom. The van der Waals surface area contributed by atoms with Gasteiger partial charge in [0.05, 0.1) is 11.5 Å². The SMILES string of the molecule is CCC(C(=O)N1CCN(c2ccc(NC(=O)C3CC3)cc2C(=O)N2CCCC2)CC1)c1ccccc1. The van der Waals surface area contributed by atoms with Crippen LogP contribution in [-0.2, 0) is 9.59 Å². The van der Waals surface area contributed by atoms with E-state index in [4.69, 9.17) is 0 Å². The van der Waals surface area contributed by atoms with Crippen LogP contribution in [0, 0.1) is 5.92 Å². The number of anilines is 2. The molecule has 36 heavy (non-hydrogen) atoms. The van der Waals surface area contributed by atoms with Gasteiger partial charge in [0.2, 0.25) is 11.8 Å². The minimum absolute atomic E-state index is 0.0265. The number of amides is 3. The van der Waals surface area contributed by atoms with Gasteiger partial charge in [-0.15, -0.1) is 0 Å². The third kappa shape index (κ3) is 5.25. The van der Waals surface area contributed by atoms with E-state index < -0.39 is 0 Å². The minimum Gasteiger partial charge on any atom is -0.367 e. The van der Waals surface area contributed by atoms with Gasteiger partial charge in [-0.25, -0.2) is 0 Å². The molecule has 1 unspecified atom stereocenters. The Morgan fingerprint density at radius 2 is 1.58 bits per heavy atom. The third-order valence-electron chi connectivity index (χ3n) is 7.68. The van der Waals surface area contributed by atoms with Crippen LogP contribution in [0.15, 0.2) is 48.5 Å². The van der Waals surface area contributed by atoms with Crippen molar-refractivity contribution in [3.63, 3.8) is 0 Å². The molecule has 1 atom stereocenters. The van der Waals surface area contributed by atoms with Crippen LogP contribution in [0.5, 0.6) is 0 Å². The zero-order chi connectivity index (χ0) is 25.1. The number of carbonyl (C=O) groups excluding carboxylic acids is 3. The predicted molar refractivity (Wildman–Crippen MR) is 141 cm³/mol. The van der Waals surface area contributed by atoms with Crippen LogP contribution in [0.4, 0.5) is 11.4 Å². The Bertz CT molecular complexity index is 1100. The van der Waals surface area contributed by atoms with Gasteiger partial charge in [-0.2, -0.15) is 0 Å². The molecule has 5 rings (SSSR count). The largest absolute Gasteiger partial charge is 0.367 e. The van der Waals surface area contributed by atoms with Gasteiger partial charge >= 0.3 is 0 Å². The van der Waals surface area contributed by atoms with Gasteiger partial charge in [-0.1, -0.05) is 37.3 Å². The lowest BCUT2D eigenvalue weighted by atomic mass is 9.94. The average molecular weight is 489 g/mol. The molecule has 2 heterocycles. The number of likely N-dealkylation sites (tertiary alicyclic amines) is 1. The smallest absolute Gasteiger partial charge is 0.256 e. The summed E-state index contributed by atoms with van der Waals surface area (Å²) in [6, 6.07) is 15.7. The molecule has 1 N–H and O–H groups in total. The summed E-state index contributed by atoms with van der Waals surface area (Å²) in [5.74, 6) is 0.224. The highest BCUT2D eigenvalue weighted by Crippen LogP contribution is 2.32. The first-order valence-corrected chi connectivity index (χ1v) is 13.4. The van der Waals surface area contributed by atoms with Crippen molar-refractivity contribution in [1.29, 1.82) is 0 Å². The minimum atomic E-state index is -0.126. The van der Waals surface area contributed by atoms with E-state index in [0.717, 1.165) is 56.4 Å². The summed E-state index contributed by atoms with van der Waals surface area (Å²) < 4.78 is 0.